The lowest BCUT2D eigenvalue weighted by atomic mass is 10.1. The molecular weight excluding hydrogens is 250 g/mol. The Labute approximate surface area is 111 Å². The molecule has 8 heteroatoms. The summed E-state index contributed by atoms with van der Waals surface area (Å²) >= 11 is 0. The van der Waals surface area contributed by atoms with Crippen LogP contribution in [0.3, 0.4) is 0 Å². The molecule has 106 valence electrons. The molecule has 2 rings (SSSR count). The van der Waals surface area contributed by atoms with Crippen LogP contribution in [0.2, 0.25) is 0 Å². The Kier molecular flexibility index (Phi) is 5.70. The molecule has 1 atom stereocenters. The molecule has 2 heterocycles. The van der Waals surface area contributed by atoms with E-state index in [2.05, 4.69) is 20.8 Å². The van der Waals surface area contributed by atoms with Gasteiger partial charge in [-0.25, -0.2) is 4.68 Å². The van der Waals surface area contributed by atoms with E-state index in [4.69, 9.17) is 9.47 Å². The SMILES string of the molecule is O=C(COC[C@H]1CCCCO1)NCCn1cnnn1. The van der Waals surface area contributed by atoms with Crippen molar-refractivity contribution in [3.63, 3.8) is 0 Å². The topological polar surface area (TPSA) is 91.2 Å². The number of tetrazole rings is 1. The average Bonchev–Trinajstić information content (AvgIpc) is 2.93. The normalized spacial score (nSPS) is 19.3. The Morgan fingerprint density at radius 3 is 3.21 bits per heavy atom. The Balaban J connectivity index is 1.49. The summed E-state index contributed by atoms with van der Waals surface area (Å²) in [4.78, 5) is 11.5. The number of hydrogen-bond donors (Lipinski definition) is 1. The fraction of sp³-hybridized carbons (Fsp3) is 0.818. The van der Waals surface area contributed by atoms with Gasteiger partial charge in [0.05, 0.1) is 19.3 Å². The van der Waals surface area contributed by atoms with Crippen LogP contribution >= 0.6 is 0 Å². The zero-order valence-electron chi connectivity index (χ0n) is 10.8. The molecule has 1 aromatic heterocycles. The van der Waals surface area contributed by atoms with Gasteiger partial charge in [0.1, 0.15) is 12.9 Å². The fourth-order valence-corrected chi connectivity index (χ4v) is 1.87. The number of amides is 1. The lowest BCUT2D eigenvalue weighted by Crippen LogP contribution is -2.32. The van der Waals surface area contributed by atoms with Gasteiger partial charge in [-0.05, 0) is 29.7 Å². The van der Waals surface area contributed by atoms with Gasteiger partial charge in [0.2, 0.25) is 5.91 Å². The van der Waals surface area contributed by atoms with Crippen LogP contribution < -0.4 is 5.32 Å². The van der Waals surface area contributed by atoms with Gasteiger partial charge in [-0.15, -0.1) is 5.10 Å². The Morgan fingerprint density at radius 1 is 1.53 bits per heavy atom. The number of carbonyl (C=O) groups is 1. The maximum Gasteiger partial charge on any atom is 0.246 e. The molecule has 0 aliphatic carbocycles. The van der Waals surface area contributed by atoms with E-state index < -0.39 is 0 Å². The monoisotopic (exact) mass is 269 g/mol. The predicted molar refractivity (Wildman–Crippen MR) is 65.2 cm³/mol. The highest BCUT2D eigenvalue weighted by atomic mass is 16.5. The third-order valence-electron chi connectivity index (χ3n) is 2.87. The zero-order chi connectivity index (χ0) is 13.3. The van der Waals surface area contributed by atoms with Gasteiger partial charge in [-0.1, -0.05) is 0 Å². The summed E-state index contributed by atoms with van der Waals surface area (Å²) in [5.41, 5.74) is 0. The smallest absolute Gasteiger partial charge is 0.246 e. The number of nitrogens with zero attached hydrogens (tertiary/aromatic N) is 4. The maximum absolute atomic E-state index is 11.5. The van der Waals surface area contributed by atoms with Crippen molar-refractivity contribution < 1.29 is 14.3 Å². The zero-order valence-corrected chi connectivity index (χ0v) is 10.8. The standard InChI is InChI=1S/C11H19N5O3/c17-11(12-4-5-16-9-13-14-15-16)8-18-7-10-3-1-2-6-19-10/h9-10H,1-8H2,(H,12,17)/t10-/m1/s1. The number of aromatic nitrogens is 4. The van der Waals surface area contributed by atoms with Gasteiger partial charge < -0.3 is 14.8 Å². The first kappa shape index (κ1) is 13.9. The molecule has 1 N–H and O–H groups in total. The van der Waals surface area contributed by atoms with E-state index in [1.165, 1.54) is 12.7 Å². The van der Waals surface area contributed by atoms with Crippen LogP contribution in [-0.2, 0) is 20.8 Å². The largest absolute Gasteiger partial charge is 0.376 e. The van der Waals surface area contributed by atoms with Crippen LogP contribution in [0.25, 0.3) is 0 Å². The first-order chi connectivity index (χ1) is 9.34. The van der Waals surface area contributed by atoms with Gasteiger partial charge in [-0.3, -0.25) is 4.79 Å². The molecule has 1 aliphatic heterocycles. The van der Waals surface area contributed by atoms with Crippen LogP contribution in [0, 0.1) is 0 Å². The number of carbonyl (C=O) groups excluding carboxylic acids is 1. The van der Waals surface area contributed by atoms with E-state index in [0.29, 0.717) is 19.7 Å². The molecule has 8 nitrogen and oxygen atoms in total. The summed E-state index contributed by atoms with van der Waals surface area (Å²) < 4.78 is 12.4. The molecule has 0 radical (unpaired) electrons. The number of rotatable bonds is 7. The maximum atomic E-state index is 11.5. The molecule has 1 fully saturated rings. The van der Waals surface area contributed by atoms with Crippen LogP contribution in [-0.4, -0.2) is 58.6 Å². The van der Waals surface area contributed by atoms with Crippen LogP contribution in [0.1, 0.15) is 19.3 Å². The number of hydrogen-bond acceptors (Lipinski definition) is 6. The first-order valence-corrected chi connectivity index (χ1v) is 6.51. The molecule has 0 saturated carbocycles. The van der Waals surface area contributed by atoms with Gasteiger partial charge >= 0.3 is 0 Å². The van der Waals surface area contributed by atoms with E-state index in [1.54, 1.807) is 4.68 Å². The summed E-state index contributed by atoms with van der Waals surface area (Å²) in [5.74, 6) is -0.135. The number of ether oxygens (including phenoxy) is 2. The molecule has 1 aliphatic rings. The average molecular weight is 269 g/mol. The summed E-state index contributed by atoms with van der Waals surface area (Å²) in [5, 5.41) is 13.4. The molecule has 0 unspecified atom stereocenters. The van der Waals surface area contributed by atoms with Crippen LogP contribution in [0.5, 0.6) is 0 Å². The lowest BCUT2D eigenvalue weighted by molar-refractivity contribution is -0.127. The summed E-state index contributed by atoms with van der Waals surface area (Å²) in [6.07, 6.45) is 4.95. The van der Waals surface area contributed by atoms with Crippen molar-refractivity contribution in [3.05, 3.63) is 6.33 Å². The Hall–Kier alpha value is -1.54. The predicted octanol–water partition coefficient (Wildman–Crippen LogP) is -0.625. The van der Waals surface area contributed by atoms with Crippen molar-refractivity contribution >= 4 is 5.91 Å². The summed E-state index contributed by atoms with van der Waals surface area (Å²) in [6.45, 7) is 2.37. The Bertz CT molecular complexity index is 364. The highest BCUT2D eigenvalue weighted by Crippen LogP contribution is 2.12. The van der Waals surface area contributed by atoms with Gasteiger partial charge in [-0.2, -0.15) is 0 Å². The van der Waals surface area contributed by atoms with Crippen LogP contribution in [0.4, 0.5) is 0 Å². The Morgan fingerprint density at radius 2 is 2.47 bits per heavy atom. The molecular formula is C11H19N5O3. The minimum Gasteiger partial charge on any atom is -0.376 e. The second-order valence-electron chi connectivity index (χ2n) is 4.43. The van der Waals surface area contributed by atoms with Crippen molar-refractivity contribution in [2.24, 2.45) is 0 Å². The van der Waals surface area contributed by atoms with E-state index in [0.717, 1.165) is 19.4 Å². The first-order valence-electron chi connectivity index (χ1n) is 6.51. The van der Waals surface area contributed by atoms with Crippen molar-refractivity contribution in [1.82, 2.24) is 25.5 Å². The highest BCUT2D eigenvalue weighted by molar-refractivity contribution is 5.77. The molecule has 1 aromatic rings. The summed E-state index contributed by atoms with van der Waals surface area (Å²) in [6, 6.07) is 0. The van der Waals surface area contributed by atoms with Gasteiger partial charge in [0, 0.05) is 13.2 Å². The molecule has 0 aromatic carbocycles. The van der Waals surface area contributed by atoms with Crippen molar-refractivity contribution in [2.75, 3.05) is 26.4 Å². The highest BCUT2D eigenvalue weighted by Gasteiger charge is 2.14. The molecule has 19 heavy (non-hydrogen) atoms. The summed E-state index contributed by atoms with van der Waals surface area (Å²) in [7, 11) is 0. The van der Waals surface area contributed by atoms with E-state index in [1.807, 2.05) is 0 Å². The van der Waals surface area contributed by atoms with E-state index in [9.17, 15) is 4.79 Å². The van der Waals surface area contributed by atoms with Gasteiger partial charge in [0.15, 0.2) is 0 Å². The molecule has 1 saturated heterocycles. The second kappa shape index (κ2) is 7.80. The lowest BCUT2D eigenvalue weighted by Gasteiger charge is -2.22. The van der Waals surface area contributed by atoms with Gasteiger partial charge in [0.25, 0.3) is 0 Å². The molecule has 1 amide bonds. The molecule has 0 bridgehead atoms. The third kappa shape index (κ3) is 5.31. The van der Waals surface area contributed by atoms with Crippen molar-refractivity contribution in [3.8, 4) is 0 Å². The second-order valence-corrected chi connectivity index (χ2v) is 4.43. The minimum atomic E-state index is -0.135. The van der Waals surface area contributed by atoms with Crippen LogP contribution in [0.15, 0.2) is 6.33 Å². The van der Waals surface area contributed by atoms with Crippen molar-refractivity contribution in [2.45, 2.75) is 31.9 Å². The van der Waals surface area contributed by atoms with E-state index >= 15 is 0 Å². The molecule has 0 spiro atoms. The van der Waals surface area contributed by atoms with Crippen molar-refractivity contribution in [1.29, 1.82) is 0 Å². The third-order valence-corrected chi connectivity index (χ3v) is 2.87. The fourth-order valence-electron chi connectivity index (χ4n) is 1.87. The quantitative estimate of drug-likeness (QED) is 0.709. The minimum absolute atomic E-state index is 0.0649. The van der Waals surface area contributed by atoms with E-state index in [-0.39, 0.29) is 18.6 Å². The number of nitrogens with one attached hydrogen (secondary N) is 1.